The zero-order chi connectivity index (χ0) is 13.4. The van der Waals surface area contributed by atoms with Gasteiger partial charge in [-0.05, 0) is 18.6 Å². The lowest BCUT2D eigenvalue weighted by Gasteiger charge is -2.13. The number of carboxylic acid groups (broad SMARTS) is 1. The highest BCUT2D eigenvalue weighted by Crippen LogP contribution is 2.02. The molecule has 5 heteroatoms. The lowest BCUT2D eigenvalue weighted by molar-refractivity contribution is -0.142. The number of amides is 1. The van der Waals surface area contributed by atoms with Crippen molar-refractivity contribution in [2.45, 2.75) is 38.6 Å². The first-order valence-corrected chi connectivity index (χ1v) is 6.05. The molecule has 1 amide bonds. The van der Waals surface area contributed by atoms with E-state index in [2.05, 4.69) is 10.3 Å². The Morgan fingerprint density at radius 1 is 1.44 bits per heavy atom. The van der Waals surface area contributed by atoms with Gasteiger partial charge in [-0.3, -0.25) is 9.78 Å². The summed E-state index contributed by atoms with van der Waals surface area (Å²) in [4.78, 5) is 26.7. The van der Waals surface area contributed by atoms with Crippen molar-refractivity contribution in [3.63, 3.8) is 0 Å². The Hall–Kier alpha value is -1.91. The van der Waals surface area contributed by atoms with Crippen LogP contribution in [0.2, 0.25) is 0 Å². The first-order chi connectivity index (χ1) is 8.63. The summed E-state index contributed by atoms with van der Waals surface area (Å²) in [6, 6.07) is 4.49. The molecule has 2 N–H and O–H groups in total. The van der Waals surface area contributed by atoms with Crippen LogP contribution in [0.15, 0.2) is 24.4 Å². The Morgan fingerprint density at radius 2 is 2.22 bits per heavy atom. The molecule has 0 saturated heterocycles. The van der Waals surface area contributed by atoms with Crippen LogP contribution >= 0.6 is 0 Å². The zero-order valence-electron chi connectivity index (χ0n) is 10.4. The van der Waals surface area contributed by atoms with Gasteiger partial charge in [0.2, 0.25) is 5.91 Å². The van der Waals surface area contributed by atoms with Gasteiger partial charge >= 0.3 is 5.97 Å². The highest BCUT2D eigenvalue weighted by Gasteiger charge is 2.19. The van der Waals surface area contributed by atoms with Crippen molar-refractivity contribution in [2.75, 3.05) is 0 Å². The lowest BCUT2D eigenvalue weighted by atomic mass is 10.1. The molecule has 0 radical (unpaired) electrons. The summed E-state index contributed by atoms with van der Waals surface area (Å²) in [5, 5.41) is 11.5. The normalized spacial score (nSPS) is 11.8. The first kappa shape index (κ1) is 14.2. The van der Waals surface area contributed by atoms with Gasteiger partial charge in [-0.25, -0.2) is 4.79 Å². The van der Waals surface area contributed by atoms with Crippen LogP contribution in [0, 0.1) is 0 Å². The minimum Gasteiger partial charge on any atom is -0.480 e. The summed E-state index contributed by atoms with van der Waals surface area (Å²) in [7, 11) is 0. The number of carboxylic acids is 1. The summed E-state index contributed by atoms with van der Waals surface area (Å²) in [6.07, 6.45) is 3.85. The standard InChI is InChI=1S/C13H18N2O3/c1-2-3-7-11(13(17)18)15-12(16)9-10-6-4-5-8-14-10/h4-6,8,11H,2-3,7,9H2,1H3,(H,15,16)(H,17,18)/t11-/m0/s1. The number of aliphatic carboxylic acids is 1. The van der Waals surface area contributed by atoms with Gasteiger partial charge in [-0.2, -0.15) is 0 Å². The number of carbonyl (C=O) groups excluding carboxylic acids is 1. The average Bonchev–Trinajstić information content (AvgIpc) is 2.35. The fraction of sp³-hybridized carbons (Fsp3) is 0.462. The maximum Gasteiger partial charge on any atom is 0.326 e. The number of unbranched alkanes of at least 4 members (excludes halogenated alkanes) is 1. The second-order valence-electron chi connectivity index (χ2n) is 4.10. The lowest BCUT2D eigenvalue weighted by Crippen LogP contribution is -2.41. The van der Waals surface area contributed by atoms with Crippen molar-refractivity contribution in [1.29, 1.82) is 0 Å². The van der Waals surface area contributed by atoms with Crippen LogP contribution in [-0.4, -0.2) is 28.0 Å². The van der Waals surface area contributed by atoms with Crippen LogP contribution in [0.1, 0.15) is 31.9 Å². The monoisotopic (exact) mass is 250 g/mol. The Kier molecular flexibility index (Phi) is 5.84. The Morgan fingerprint density at radius 3 is 2.78 bits per heavy atom. The topological polar surface area (TPSA) is 79.3 Å². The number of carbonyl (C=O) groups is 2. The largest absolute Gasteiger partial charge is 0.480 e. The van der Waals surface area contributed by atoms with Gasteiger partial charge in [0, 0.05) is 11.9 Å². The Bertz CT molecular complexity index is 392. The first-order valence-electron chi connectivity index (χ1n) is 6.05. The third-order valence-corrected chi connectivity index (χ3v) is 2.55. The van der Waals surface area contributed by atoms with Crippen molar-refractivity contribution in [2.24, 2.45) is 0 Å². The molecule has 0 aliphatic carbocycles. The smallest absolute Gasteiger partial charge is 0.326 e. The zero-order valence-corrected chi connectivity index (χ0v) is 10.4. The molecule has 0 aliphatic rings. The maximum absolute atomic E-state index is 11.7. The number of rotatable bonds is 7. The minimum absolute atomic E-state index is 0.108. The molecule has 0 unspecified atom stereocenters. The van der Waals surface area contributed by atoms with E-state index in [0.717, 1.165) is 12.8 Å². The Balaban J connectivity index is 2.48. The van der Waals surface area contributed by atoms with E-state index < -0.39 is 12.0 Å². The van der Waals surface area contributed by atoms with Gasteiger partial charge < -0.3 is 10.4 Å². The van der Waals surface area contributed by atoms with Gasteiger partial charge in [0.1, 0.15) is 6.04 Å². The SMILES string of the molecule is CCCC[C@H](NC(=O)Cc1ccccn1)C(=O)O. The van der Waals surface area contributed by atoms with Crippen molar-refractivity contribution in [3.05, 3.63) is 30.1 Å². The molecule has 1 aromatic heterocycles. The number of nitrogens with one attached hydrogen (secondary N) is 1. The van der Waals surface area contributed by atoms with E-state index in [9.17, 15) is 9.59 Å². The number of aromatic nitrogens is 1. The predicted octanol–water partition coefficient (Wildman–Crippen LogP) is 1.38. The summed E-state index contributed by atoms with van der Waals surface area (Å²) in [5.74, 6) is -1.30. The molecule has 0 aliphatic heterocycles. The molecular formula is C13H18N2O3. The fourth-order valence-electron chi connectivity index (χ4n) is 1.58. The molecule has 0 spiro atoms. The van der Waals surface area contributed by atoms with Crippen molar-refractivity contribution in [3.8, 4) is 0 Å². The van der Waals surface area contributed by atoms with E-state index in [0.29, 0.717) is 12.1 Å². The van der Waals surface area contributed by atoms with Gasteiger partial charge in [-0.15, -0.1) is 0 Å². The molecule has 0 saturated carbocycles. The maximum atomic E-state index is 11.7. The van der Waals surface area contributed by atoms with Crippen LogP contribution in [0.4, 0.5) is 0 Å². The van der Waals surface area contributed by atoms with Crippen molar-refractivity contribution < 1.29 is 14.7 Å². The van der Waals surface area contributed by atoms with E-state index in [-0.39, 0.29) is 12.3 Å². The molecule has 1 rings (SSSR count). The van der Waals surface area contributed by atoms with E-state index in [1.54, 1.807) is 24.4 Å². The molecule has 0 aromatic carbocycles. The second-order valence-corrected chi connectivity index (χ2v) is 4.10. The molecule has 18 heavy (non-hydrogen) atoms. The third kappa shape index (κ3) is 4.95. The molecular weight excluding hydrogens is 232 g/mol. The molecule has 1 aromatic rings. The van der Waals surface area contributed by atoms with Crippen molar-refractivity contribution in [1.82, 2.24) is 10.3 Å². The quantitative estimate of drug-likeness (QED) is 0.766. The number of nitrogens with zero attached hydrogens (tertiary/aromatic N) is 1. The summed E-state index contributed by atoms with van der Waals surface area (Å²) >= 11 is 0. The van der Waals surface area contributed by atoms with Gasteiger partial charge in [0.25, 0.3) is 0 Å². The highest BCUT2D eigenvalue weighted by atomic mass is 16.4. The highest BCUT2D eigenvalue weighted by molar-refractivity contribution is 5.84. The number of hydrogen-bond donors (Lipinski definition) is 2. The van der Waals surface area contributed by atoms with E-state index in [1.807, 2.05) is 6.92 Å². The molecule has 98 valence electrons. The predicted molar refractivity (Wildman–Crippen MR) is 67.0 cm³/mol. The van der Waals surface area contributed by atoms with Crippen LogP contribution in [0.3, 0.4) is 0 Å². The number of pyridine rings is 1. The fourth-order valence-corrected chi connectivity index (χ4v) is 1.58. The van der Waals surface area contributed by atoms with Gasteiger partial charge in [0.15, 0.2) is 0 Å². The van der Waals surface area contributed by atoms with Crippen LogP contribution in [0.25, 0.3) is 0 Å². The Labute approximate surface area is 106 Å². The van der Waals surface area contributed by atoms with E-state index in [1.165, 1.54) is 0 Å². The third-order valence-electron chi connectivity index (χ3n) is 2.55. The summed E-state index contributed by atoms with van der Waals surface area (Å²) in [6.45, 7) is 1.98. The van der Waals surface area contributed by atoms with Crippen LogP contribution in [0.5, 0.6) is 0 Å². The second kappa shape index (κ2) is 7.42. The van der Waals surface area contributed by atoms with E-state index in [4.69, 9.17) is 5.11 Å². The minimum atomic E-state index is -0.988. The van der Waals surface area contributed by atoms with Gasteiger partial charge in [-0.1, -0.05) is 25.8 Å². The summed E-state index contributed by atoms with van der Waals surface area (Å²) < 4.78 is 0. The number of hydrogen-bond acceptors (Lipinski definition) is 3. The molecule has 0 fully saturated rings. The molecule has 1 heterocycles. The van der Waals surface area contributed by atoms with Crippen LogP contribution < -0.4 is 5.32 Å². The molecule has 1 atom stereocenters. The average molecular weight is 250 g/mol. The van der Waals surface area contributed by atoms with Crippen LogP contribution in [-0.2, 0) is 16.0 Å². The molecule has 0 bridgehead atoms. The molecule has 5 nitrogen and oxygen atoms in total. The van der Waals surface area contributed by atoms with E-state index >= 15 is 0 Å². The van der Waals surface area contributed by atoms with Crippen molar-refractivity contribution >= 4 is 11.9 Å². The summed E-state index contributed by atoms with van der Waals surface area (Å²) in [5.41, 5.74) is 0.634. The van der Waals surface area contributed by atoms with Gasteiger partial charge in [0.05, 0.1) is 6.42 Å².